The summed E-state index contributed by atoms with van der Waals surface area (Å²) in [6, 6.07) is 16.3. The van der Waals surface area contributed by atoms with Gasteiger partial charge in [-0.1, -0.05) is 34.3 Å². The van der Waals surface area contributed by atoms with E-state index in [4.69, 9.17) is 16.2 Å². The normalized spacial score (nSPS) is 12.9. The third-order valence-corrected chi connectivity index (χ3v) is 11.5. The van der Waals surface area contributed by atoms with Gasteiger partial charge in [0.1, 0.15) is 16.3 Å². The number of hydrogen-bond donors (Lipinski definition) is 7. The van der Waals surface area contributed by atoms with E-state index < -0.39 is 67.9 Å². The van der Waals surface area contributed by atoms with Crippen molar-refractivity contribution in [2.75, 3.05) is 5.73 Å². The third-order valence-electron chi connectivity index (χ3n) is 7.72. The Bertz CT molecular complexity index is 2970. The van der Waals surface area contributed by atoms with Crippen molar-refractivity contribution >= 4 is 115 Å². The van der Waals surface area contributed by atoms with E-state index in [1.165, 1.54) is 54.6 Å². The fourth-order valence-corrected chi connectivity index (χ4v) is 8.01. The van der Waals surface area contributed by atoms with Crippen molar-refractivity contribution in [3.63, 3.8) is 0 Å². The molecule has 6 rings (SSSR count). The zero-order chi connectivity index (χ0) is 40.6. The number of benzene rings is 6. The first kappa shape index (κ1) is 40.7. The maximum atomic E-state index is 12.6. The number of aromatic hydroxyl groups is 1. The maximum absolute atomic E-state index is 12.6. The van der Waals surface area contributed by atoms with Gasteiger partial charge < -0.3 is 10.8 Å². The number of nitrogen functional groups attached to an aromatic ring is 1. The van der Waals surface area contributed by atoms with Crippen LogP contribution < -0.4 is 5.73 Å². The highest BCUT2D eigenvalue weighted by Crippen LogP contribution is 2.50. The number of phenols is 1. The number of anilines is 1. The fourth-order valence-electron chi connectivity index (χ4n) is 5.37. The highest BCUT2D eigenvalue weighted by atomic mass is 32.2. The van der Waals surface area contributed by atoms with Crippen molar-refractivity contribution in [3.8, 4) is 5.75 Å². The molecule has 8 N–H and O–H groups in total. The van der Waals surface area contributed by atoms with Crippen molar-refractivity contribution in [2.45, 2.75) is 24.5 Å². The molecule has 0 aliphatic carbocycles. The van der Waals surface area contributed by atoms with E-state index in [0.717, 1.165) is 24.3 Å². The summed E-state index contributed by atoms with van der Waals surface area (Å²) in [5.74, 6) is -0.769. The van der Waals surface area contributed by atoms with E-state index >= 15 is 0 Å². The van der Waals surface area contributed by atoms with Gasteiger partial charge in [0.2, 0.25) is 0 Å². The first-order valence-corrected chi connectivity index (χ1v) is 20.5. The molecule has 0 heterocycles. The molecule has 0 radical (unpaired) electrons. The minimum Gasteiger partial charge on any atom is -0.505 e. The molecule has 0 aromatic heterocycles. The Kier molecular flexibility index (Phi) is 11.6. The third kappa shape index (κ3) is 8.57. The summed E-state index contributed by atoms with van der Waals surface area (Å²) in [5, 5.41) is 53.4. The second-order valence-electron chi connectivity index (χ2n) is 11.1. The molecular weight excluding hydrogens is 847 g/mol. The number of fused-ring (bicyclic) bond motifs is 3. The monoisotopic (exact) mass is 867 g/mol. The molecule has 0 fully saturated rings. The van der Waals surface area contributed by atoms with Gasteiger partial charge in [-0.05, 0) is 70.8 Å². The topological polar surface area (TPSA) is 336 Å². The molecule has 56 heavy (non-hydrogen) atoms. The minimum absolute atomic E-state index is 0.00817. The summed E-state index contributed by atoms with van der Waals surface area (Å²) in [6.45, 7) is 0. The molecule has 0 bridgehead atoms. The molecule has 0 unspecified atom stereocenters. The Hall–Kier alpha value is -4.91. The van der Waals surface area contributed by atoms with Crippen LogP contribution in [0.15, 0.2) is 124 Å². The van der Waals surface area contributed by atoms with Crippen molar-refractivity contribution in [2.24, 2.45) is 20.5 Å². The molecule has 21 nitrogen and oxygen atoms in total. The smallest absolute Gasteiger partial charge is 0.296 e. The van der Waals surface area contributed by atoms with Crippen LogP contribution in [0.25, 0.3) is 32.3 Å². The summed E-state index contributed by atoms with van der Waals surface area (Å²) in [7, 11) is -14.3. The molecule has 0 aliphatic rings. The largest absolute Gasteiger partial charge is 0.505 e. The molecule has 0 saturated heterocycles. The molecule has 0 spiro atoms. The second-order valence-corrected chi connectivity index (χ2v) is 16.8. The predicted molar refractivity (Wildman–Crippen MR) is 197 cm³/mol. The summed E-state index contributed by atoms with van der Waals surface area (Å²) in [4.78, 5) is -1.74. The molecule has 26 heteroatoms. The zero-order valence-electron chi connectivity index (χ0n) is 27.2. The standard InChI is InChI=1S/C30H21N5O16S5/c31-27-26-16(12-25(56(45,46)47)29(27)35-32-22-3-1-2-14-9-18(54(39,40)41)4-6-20(14)22)11-24(53-51-49-38)28(30(26)36)34-33-23-13-17(52-50-48-37)8-15-10-19(55(42,43)44)5-7-21(15)23/h1-13,36-38H,31H2,(H,39,40,41)(H,42,43,44)(H,45,46,47). The van der Waals surface area contributed by atoms with Crippen LogP contribution in [-0.2, 0) is 49.1 Å². The summed E-state index contributed by atoms with van der Waals surface area (Å²) in [5.41, 5.74) is 4.86. The van der Waals surface area contributed by atoms with Crippen molar-refractivity contribution < 1.29 is 73.3 Å². The number of rotatable bonds is 13. The van der Waals surface area contributed by atoms with Crippen LogP contribution in [0, 0.1) is 0 Å². The van der Waals surface area contributed by atoms with Crippen LogP contribution in [0.2, 0.25) is 0 Å². The molecule has 0 aliphatic heterocycles. The average Bonchev–Trinajstić information content (AvgIpc) is 3.13. The SMILES string of the molecule is Nc1c(N=Nc2cccc3cc(S(=O)(=O)O)ccc23)c(S(=O)(=O)O)cc2cc(SOOO)c(N=Nc3cc(SOOO)cc4cc(S(=O)(=O)O)ccc34)c(O)c12. The van der Waals surface area contributed by atoms with Gasteiger partial charge in [0, 0.05) is 15.7 Å². The van der Waals surface area contributed by atoms with E-state index in [2.05, 4.69) is 39.2 Å². The molecular formula is C30H21N5O16S5. The fraction of sp³-hybridized carbons (Fsp3) is 0. The van der Waals surface area contributed by atoms with Crippen LogP contribution in [0.1, 0.15) is 0 Å². The highest BCUT2D eigenvalue weighted by molar-refractivity contribution is 7.95. The Morgan fingerprint density at radius 1 is 0.589 bits per heavy atom. The van der Waals surface area contributed by atoms with Gasteiger partial charge in [0.25, 0.3) is 30.4 Å². The predicted octanol–water partition coefficient (Wildman–Crippen LogP) is 7.86. The van der Waals surface area contributed by atoms with E-state index in [9.17, 15) is 44.0 Å². The lowest BCUT2D eigenvalue weighted by Crippen LogP contribution is -2.02. The lowest BCUT2D eigenvalue weighted by molar-refractivity contribution is -0.432. The molecule has 6 aromatic carbocycles. The van der Waals surface area contributed by atoms with Crippen molar-refractivity contribution in [1.29, 1.82) is 0 Å². The molecule has 0 amide bonds. The molecule has 0 atom stereocenters. The number of azo groups is 2. The first-order chi connectivity index (χ1) is 26.4. The molecule has 6 aromatic rings. The van der Waals surface area contributed by atoms with E-state index in [-0.39, 0.29) is 54.8 Å². The lowest BCUT2D eigenvalue weighted by atomic mass is 10.0. The van der Waals surface area contributed by atoms with Gasteiger partial charge in [-0.15, -0.1) is 29.1 Å². The number of nitrogens with two attached hydrogens (primary N) is 1. The number of hydrogen-bond acceptors (Lipinski definition) is 20. The van der Waals surface area contributed by atoms with Crippen LogP contribution >= 0.6 is 24.1 Å². The summed E-state index contributed by atoms with van der Waals surface area (Å²) >= 11 is 0.744. The van der Waals surface area contributed by atoms with Crippen molar-refractivity contribution in [1.82, 2.24) is 0 Å². The van der Waals surface area contributed by atoms with Crippen molar-refractivity contribution in [3.05, 3.63) is 78.9 Å². The first-order valence-electron chi connectivity index (χ1n) is 14.7. The van der Waals surface area contributed by atoms with Gasteiger partial charge in [-0.25, -0.2) is 10.5 Å². The van der Waals surface area contributed by atoms with Gasteiger partial charge in [0.15, 0.2) is 5.75 Å². The summed E-state index contributed by atoms with van der Waals surface area (Å²) < 4.78 is 110. The van der Waals surface area contributed by atoms with Gasteiger partial charge in [-0.2, -0.15) is 25.3 Å². The van der Waals surface area contributed by atoms with Crippen LogP contribution in [-0.4, -0.2) is 54.5 Å². The Balaban J connectivity index is 1.54. The highest BCUT2D eigenvalue weighted by Gasteiger charge is 2.26. The minimum atomic E-state index is -5.10. The molecule has 0 saturated carbocycles. The maximum Gasteiger partial charge on any atom is 0.296 e. The quantitative estimate of drug-likeness (QED) is 0.0145. The van der Waals surface area contributed by atoms with Gasteiger partial charge in [-0.3, -0.25) is 13.7 Å². The van der Waals surface area contributed by atoms with Gasteiger partial charge >= 0.3 is 0 Å². The Morgan fingerprint density at radius 3 is 1.80 bits per heavy atom. The van der Waals surface area contributed by atoms with E-state index in [1.54, 1.807) is 0 Å². The lowest BCUT2D eigenvalue weighted by Gasteiger charge is -2.14. The number of nitrogens with zero attached hydrogens (tertiary/aromatic N) is 4. The Labute approximate surface area is 322 Å². The zero-order valence-corrected chi connectivity index (χ0v) is 31.3. The Morgan fingerprint density at radius 2 is 1.18 bits per heavy atom. The summed E-state index contributed by atoms with van der Waals surface area (Å²) in [6.07, 6.45) is 0. The second kappa shape index (κ2) is 15.9. The number of phenolic OH excluding ortho intramolecular Hbond substituents is 1. The van der Waals surface area contributed by atoms with Crippen LogP contribution in [0.5, 0.6) is 5.75 Å². The molecule has 292 valence electrons. The van der Waals surface area contributed by atoms with E-state index in [1.807, 2.05) is 0 Å². The van der Waals surface area contributed by atoms with Gasteiger partial charge in [0.05, 0.1) is 61.2 Å². The average molecular weight is 868 g/mol. The van der Waals surface area contributed by atoms with Crippen LogP contribution in [0.4, 0.5) is 28.4 Å². The van der Waals surface area contributed by atoms with E-state index in [0.29, 0.717) is 22.8 Å². The van der Waals surface area contributed by atoms with Crippen LogP contribution in [0.3, 0.4) is 0 Å².